The molecule has 1 aromatic carbocycles. The molecule has 2 aromatic rings. The lowest BCUT2D eigenvalue weighted by molar-refractivity contribution is 0.915. The summed E-state index contributed by atoms with van der Waals surface area (Å²) in [6.07, 6.45) is 5.57. The Morgan fingerprint density at radius 3 is 2.47 bits per heavy atom. The van der Waals surface area contributed by atoms with E-state index in [1.54, 1.807) is 0 Å². The van der Waals surface area contributed by atoms with Crippen molar-refractivity contribution in [3.63, 3.8) is 0 Å². The van der Waals surface area contributed by atoms with Gasteiger partial charge in [0.15, 0.2) is 0 Å². The summed E-state index contributed by atoms with van der Waals surface area (Å²) >= 11 is 0. The Hall–Kier alpha value is -1.83. The van der Waals surface area contributed by atoms with Crippen molar-refractivity contribution in [1.29, 1.82) is 0 Å². The van der Waals surface area contributed by atoms with Crippen molar-refractivity contribution in [1.82, 2.24) is 4.98 Å². The minimum atomic E-state index is 1.03. The second-order valence-electron chi connectivity index (χ2n) is 5.07. The van der Waals surface area contributed by atoms with E-state index in [0.29, 0.717) is 0 Å². The lowest BCUT2D eigenvalue weighted by Gasteiger charge is -2.21. The fourth-order valence-corrected chi connectivity index (χ4v) is 2.92. The number of anilines is 1. The van der Waals surface area contributed by atoms with Crippen LogP contribution in [0.5, 0.6) is 0 Å². The van der Waals surface area contributed by atoms with Gasteiger partial charge in [-0.1, -0.05) is 37.3 Å². The van der Waals surface area contributed by atoms with Gasteiger partial charge in [0.1, 0.15) is 5.82 Å². The van der Waals surface area contributed by atoms with Crippen molar-refractivity contribution >= 4 is 5.82 Å². The summed E-state index contributed by atoms with van der Waals surface area (Å²) in [5, 5.41) is 0. The second-order valence-corrected chi connectivity index (χ2v) is 5.07. The molecule has 2 heteroatoms. The third-order valence-corrected chi connectivity index (χ3v) is 3.88. The van der Waals surface area contributed by atoms with Crippen molar-refractivity contribution in [2.45, 2.75) is 26.2 Å². The number of nitrogens with zero attached hydrogens (tertiary/aromatic N) is 2. The molecule has 0 saturated carbocycles. The first-order chi connectivity index (χ1) is 9.40. The molecule has 2 heterocycles. The zero-order valence-corrected chi connectivity index (χ0v) is 11.5. The van der Waals surface area contributed by atoms with Gasteiger partial charge in [0.2, 0.25) is 0 Å². The van der Waals surface area contributed by atoms with Gasteiger partial charge in [-0.25, -0.2) is 4.98 Å². The first-order valence-electron chi connectivity index (χ1n) is 7.18. The van der Waals surface area contributed by atoms with E-state index in [1.807, 2.05) is 6.20 Å². The first-order valence-corrected chi connectivity index (χ1v) is 7.18. The Bertz CT molecular complexity index is 542. The number of hydrogen-bond acceptors (Lipinski definition) is 2. The molecule has 0 bridgehead atoms. The van der Waals surface area contributed by atoms with Crippen LogP contribution in [-0.2, 0) is 6.42 Å². The van der Waals surface area contributed by atoms with E-state index in [2.05, 4.69) is 53.2 Å². The molecule has 1 aromatic heterocycles. The van der Waals surface area contributed by atoms with E-state index in [4.69, 9.17) is 0 Å². The van der Waals surface area contributed by atoms with Crippen LogP contribution >= 0.6 is 0 Å². The van der Waals surface area contributed by atoms with Crippen LogP contribution in [-0.4, -0.2) is 18.1 Å². The SMILES string of the molecule is CCc1c(-c2ccccc2)ccnc1N1CCCC1. The minimum absolute atomic E-state index is 1.03. The van der Waals surface area contributed by atoms with Gasteiger partial charge in [-0.3, -0.25) is 0 Å². The highest BCUT2D eigenvalue weighted by Crippen LogP contribution is 2.31. The Morgan fingerprint density at radius 2 is 1.79 bits per heavy atom. The van der Waals surface area contributed by atoms with E-state index in [0.717, 1.165) is 19.5 Å². The largest absolute Gasteiger partial charge is 0.356 e. The highest BCUT2D eigenvalue weighted by Gasteiger charge is 2.18. The maximum Gasteiger partial charge on any atom is 0.132 e. The van der Waals surface area contributed by atoms with E-state index in [-0.39, 0.29) is 0 Å². The monoisotopic (exact) mass is 252 g/mol. The summed E-state index contributed by atoms with van der Waals surface area (Å²) in [5.41, 5.74) is 4.01. The van der Waals surface area contributed by atoms with E-state index >= 15 is 0 Å². The molecular weight excluding hydrogens is 232 g/mol. The first kappa shape index (κ1) is 12.2. The lowest BCUT2D eigenvalue weighted by atomic mass is 9.99. The Balaban J connectivity index is 2.07. The van der Waals surface area contributed by atoms with Crippen LogP contribution in [0.4, 0.5) is 5.82 Å². The average molecular weight is 252 g/mol. The second kappa shape index (κ2) is 5.43. The molecule has 2 nitrogen and oxygen atoms in total. The third-order valence-electron chi connectivity index (χ3n) is 3.88. The van der Waals surface area contributed by atoms with Gasteiger partial charge in [0, 0.05) is 24.8 Å². The Labute approximate surface area is 115 Å². The van der Waals surface area contributed by atoms with Crippen LogP contribution in [0.15, 0.2) is 42.6 Å². The van der Waals surface area contributed by atoms with Gasteiger partial charge in [0.25, 0.3) is 0 Å². The molecule has 1 aliphatic heterocycles. The zero-order valence-electron chi connectivity index (χ0n) is 11.5. The molecule has 0 N–H and O–H groups in total. The summed E-state index contributed by atoms with van der Waals surface area (Å²) in [6.45, 7) is 4.53. The number of aromatic nitrogens is 1. The molecule has 1 saturated heterocycles. The standard InChI is InChI=1S/C17H20N2/c1-2-15-16(14-8-4-3-5-9-14)10-11-18-17(15)19-12-6-7-13-19/h3-5,8-11H,2,6-7,12-13H2,1H3. The van der Waals surface area contributed by atoms with Gasteiger partial charge >= 0.3 is 0 Å². The van der Waals surface area contributed by atoms with Gasteiger partial charge < -0.3 is 4.90 Å². The van der Waals surface area contributed by atoms with E-state index < -0.39 is 0 Å². The fourth-order valence-electron chi connectivity index (χ4n) is 2.92. The molecule has 98 valence electrons. The van der Waals surface area contributed by atoms with Gasteiger partial charge in [-0.15, -0.1) is 0 Å². The predicted molar refractivity (Wildman–Crippen MR) is 80.5 cm³/mol. The smallest absolute Gasteiger partial charge is 0.132 e. The van der Waals surface area contributed by atoms with Crippen LogP contribution < -0.4 is 4.90 Å². The van der Waals surface area contributed by atoms with Crippen molar-refractivity contribution in [2.24, 2.45) is 0 Å². The molecule has 1 aliphatic rings. The van der Waals surface area contributed by atoms with E-state index in [1.165, 1.54) is 35.3 Å². The van der Waals surface area contributed by atoms with Crippen molar-refractivity contribution in [3.8, 4) is 11.1 Å². The summed E-state index contributed by atoms with van der Waals surface area (Å²) in [7, 11) is 0. The van der Waals surface area contributed by atoms with Gasteiger partial charge in [-0.05, 0) is 36.5 Å². The molecule has 0 unspecified atom stereocenters. The molecule has 1 fully saturated rings. The third kappa shape index (κ3) is 2.35. The molecule has 0 radical (unpaired) electrons. The Morgan fingerprint density at radius 1 is 1.05 bits per heavy atom. The van der Waals surface area contributed by atoms with Gasteiger partial charge in [-0.2, -0.15) is 0 Å². The molecule has 0 atom stereocenters. The van der Waals surface area contributed by atoms with Crippen LogP contribution in [0.2, 0.25) is 0 Å². The molecule has 3 rings (SSSR count). The Kier molecular flexibility index (Phi) is 3.49. The molecule has 19 heavy (non-hydrogen) atoms. The molecule has 0 amide bonds. The zero-order chi connectivity index (χ0) is 13.1. The van der Waals surface area contributed by atoms with Crippen molar-refractivity contribution in [3.05, 3.63) is 48.2 Å². The quantitative estimate of drug-likeness (QED) is 0.823. The van der Waals surface area contributed by atoms with Crippen LogP contribution in [0.3, 0.4) is 0 Å². The number of rotatable bonds is 3. The van der Waals surface area contributed by atoms with E-state index in [9.17, 15) is 0 Å². The van der Waals surface area contributed by atoms with Crippen molar-refractivity contribution in [2.75, 3.05) is 18.0 Å². The van der Waals surface area contributed by atoms with Crippen LogP contribution in [0.1, 0.15) is 25.3 Å². The highest BCUT2D eigenvalue weighted by molar-refractivity contribution is 5.72. The summed E-state index contributed by atoms with van der Waals surface area (Å²) in [6, 6.07) is 12.8. The molecule has 0 spiro atoms. The lowest BCUT2D eigenvalue weighted by Crippen LogP contribution is -2.20. The van der Waals surface area contributed by atoms with Crippen LogP contribution in [0, 0.1) is 0 Å². The summed E-state index contributed by atoms with van der Waals surface area (Å²) in [4.78, 5) is 7.08. The highest BCUT2D eigenvalue weighted by atomic mass is 15.2. The maximum atomic E-state index is 4.64. The van der Waals surface area contributed by atoms with Crippen molar-refractivity contribution < 1.29 is 0 Å². The van der Waals surface area contributed by atoms with Gasteiger partial charge in [0.05, 0.1) is 0 Å². The summed E-state index contributed by atoms with van der Waals surface area (Å²) < 4.78 is 0. The maximum absolute atomic E-state index is 4.64. The minimum Gasteiger partial charge on any atom is -0.356 e. The van der Waals surface area contributed by atoms with Crippen LogP contribution in [0.25, 0.3) is 11.1 Å². The summed E-state index contributed by atoms with van der Waals surface area (Å²) in [5.74, 6) is 1.20. The topological polar surface area (TPSA) is 16.1 Å². The predicted octanol–water partition coefficient (Wildman–Crippen LogP) is 3.91. The normalized spacial score (nSPS) is 14.9. The number of hydrogen-bond donors (Lipinski definition) is 0. The number of benzene rings is 1. The molecular formula is C17H20N2. The fraction of sp³-hybridized carbons (Fsp3) is 0.353. The average Bonchev–Trinajstić information content (AvgIpc) is 3.01. The number of pyridine rings is 1. The molecule has 0 aliphatic carbocycles.